The smallest absolute Gasteiger partial charge is 0.0149 e. The summed E-state index contributed by atoms with van der Waals surface area (Å²) < 4.78 is 0. The molecule has 0 saturated carbocycles. The van der Waals surface area contributed by atoms with Crippen LogP contribution in [-0.4, -0.2) is 0 Å². The molecule has 23 heavy (non-hydrogen) atoms. The summed E-state index contributed by atoms with van der Waals surface area (Å²) in [7, 11) is 0. The second-order valence-corrected chi connectivity index (χ2v) is 9.25. The van der Waals surface area contributed by atoms with Crippen LogP contribution >= 0.6 is 0 Å². The number of hydrogen-bond donors (Lipinski definition) is 0. The van der Waals surface area contributed by atoms with E-state index < -0.39 is 0 Å². The molecule has 0 heteroatoms. The molecule has 0 spiro atoms. The Hall–Kier alpha value is -1.56. The van der Waals surface area contributed by atoms with Gasteiger partial charge in [-0.3, -0.25) is 0 Å². The summed E-state index contributed by atoms with van der Waals surface area (Å²) in [6.07, 6.45) is 0. The van der Waals surface area contributed by atoms with Gasteiger partial charge in [0.1, 0.15) is 0 Å². The van der Waals surface area contributed by atoms with Gasteiger partial charge in [-0.15, -0.1) is 0 Å². The van der Waals surface area contributed by atoms with Crippen LogP contribution in [0.2, 0.25) is 0 Å². The molecule has 2 aromatic carbocycles. The van der Waals surface area contributed by atoms with E-state index in [1.165, 1.54) is 22.3 Å². The molecule has 0 heterocycles. The van der Waals surface area contributed by atoms with Crippen molar-refractivity contribution in [2.75, 3.05) is 0 Å². The van der Waals surface area contributed by atoms with Crippen molar-refractivity contribution in [1.82, 2.24) is 0 Å². The molecule has 0 fully saturated rings. The van der Waals surface area contributed by atoms with E-state index in [1.807, 2.05) is 0 Å². The molecule has 0 radical (unpaired) electrons. The van der Waals surface area contributed by atoms with E-state index in [4.69, 9.17) is 0 Å². The highest BCUT2D eigenvalue weighted by Gasteiger charge is 2.30. The van der Waals surface area contributed by atoms with Gasteiger partial charge in [0, 0.05) is 5.41 Å². The van der Waals surface area contributed by atoms with Gasteiger partial charge >= 0.3 is 0 Å². The molecule has 2 rings (SSSR count). The van der Waals surface area contributed by atoms with Gasteiger partial charge in [-0.1, -0.05) is 104 Å². The number of benzene rings is 2. The largest absolute Gasteiger partial charge is 0.0622 e. The molecule has 0 saturated heterocycles. The van der Waals surface area contributed by atoms with Crippen LogP contribution in [0.1, 0.15) is 77.6 Å². The highest BCUT2D eigenvalue weighted by Crippen LogP contribution is 2.40. The van der Waals surface area contributed by atoms with Gasteiger partial charge in [-0.2, -0.15) is 0 Å². The van der Waals surface area contributed by atoms with Gasteiger partial charge in [0.2, 0.25) is 0 Å². The minimum atomic E-state index is 0.000285. The fourth-order valence-electron chi connectivity index (χ4n) is 3.19. The van der Waals surface area contributed by atoms with E-state index in [0.29, 0.717) is 0 Å². The lowest BCUT2D eigenvalue weighted by molar-refractivity contribution is 0.539. The van der Waals surface area contributed by atoms with E-state index in [9.17, 15) is 0 Å². The molecule has 0 atom stereocenters. The molecule has 0 unspecified atom stereocenters. The fourth-order valence-corrected chi connectivity index (χ4v) is 3.19. The summed E-state index contributed by atoms with van der Waals surface area (Å²) in [4.78, 5) is 0. The standard InChI is InChI=1S/C23H32/c1-21(2,3)18-14-15-19(20(16-18)22(4,5)6)23(7,8)17-12-10-9-11-13-17/h9-16H,1-8H3. The third-order valence-corrected chi connectivity index (χ3v) is 4.86. The molecule has 0 aliphatic rings. The first-order valence-electron chi connectivity index (χ1n) is 8.65. The van der Waals surface area contributed by atoms with Crippen molar-refractivity contribution in [2.24, 2.45) is 0 Å². The average molecular weight is 309 g/mol. The first-order valence-corrected chi connectivity index (χ1v) is 8.65. The van der Waals surface area contributed by atoms with Crippen LogP contribution in [0.15, 0.2) is 48.5 Å². The van der Waals surface area contributed by atoms with Gasteiger partial charge in [0.25, 0.3) is 0 Å². The predicted octanol–water partition coefficient (Wildman–Crippen LogP) is 6.61. The highest BCUT2D eigenvalue weighted by atomic mass is 14.3. The quantitative estimate of drug-likeness (QED) is 0.585. The minimum absolute atomic E-state index is 0.000285. The van der Waals surface area contributed by atoms with Crippen molar-refractivity contribution < 1.29 is 0 Å². The first kappa shape index (κ1) is 17.8. The number of hydrogen-bond acceptors (Lipinski definition) is 0. The van der Waals surface area contributed by atoms with Crippen LogP contribution in [0.25, 0.3) is 0 Å². The molecular formula is C23H32. The Labute approximate surface area is 143 Å². The van der Waals surface area contributed by atoms with Gasteiger partial charge < -0.3 is 0 Å². The van der Waals surface area contributed by atoms with Crippen LogP contribution in [0.4, 0.5) is 0 Å². The molecule has 124 valence electrons. The lowest BCUT2D eigenvalue weighted by atomic mass is 9.69. The monoisotopic (exact) mass is 308 g/mol. The van der Waals surface area contributed by atoms with Crippen LogP contribution in [0.3, 0.4) is 0 Å². The Bertz CT molecular complexity index is 661. The van der Waals surface area contributed by atoms with Gasteiger partial charge in [0.15, 0.2) is 0 Å². The van der Waals surface area contributed by atoms with Gasteiger partial charge in [-0.25, -0.2) is 0 Å². The van der Waals surface area contributed by atoms with E-state index >= 15 is 0 Å². The summed E-state index contributed by atoms with van der Waals surface area (Å²) in [6.45, 7) is 18.5. The zero-order valence-corrected chi connectivity index (χ0v) is 16.1. The molecule has 0 aromatic heterocycles. The third-order valence-electron chi connectivity index (χ3n) is 4.86. The average Bonchev–Trinajstić information content (AvgIpc) is 2.45. The molecular weight excluding hydrogens is 276 g/mol. The lowest BCUT2D eigenvalue weighted by Crippen LogP contribution is -2.26. The Morgan fingerprint density at radius 2 is 1.09 bits per heavy atom. The summed E-state index contributed by atoms with van der Waals surface area (Å²) in [6, 6.07) is 17.9. The molecule has 0 N–H and O–H groups in total. The van der Waals surface area contributed by atoms with Gasteiger partial charge in [0.05, 0.1) is 0 Å². The minimum Gasteiger partial charge on any atom is -0.0622 e. The fraction of sp³-hybridized carbons (Fsp3) is 0.478. The third kappa shape index (κ3) is 3.68. The van der Waals surface area contributed by atoms with Crippen LogP contribution in [0.5, 0.6) is 0 Å². The highest BCUT2D eigenvalue weighted by molar-refractivity contribution is 5.47. The van der Waals surface area contributed by atoms with E-state index in [2.05, 4.69) is 104 Å². The van der Waals surface area contributed by atoms with E-state index in [-0.39, 0.29) is 16.2 Å². The van der Waals surface area contributed by atoms with Crippen molar-refractivity contribution in [3.63, 3.8) is 0 Å². The van der Waals surface area contributed by atoms with Crippen molar-refractivity contribution in [2.45, 2.75) is 71.6 Å². The molecule has 0 aliphatic heterocycles. The molecule has 0 amide bonds. The Kier molecular flexibility index (Phi) is 4.50. The number of rotatable bonds is 2. The zero-order chi connectivity index (χ0) is 17.5. The van der Waals surface area contributed by atoms with Crippen LogP contribution in [-0.2, 0) is 16.2 Å². The van der Waals surface area contributed by atoms with Gasteiger partial charge in [-0.05, 0) is 33.1 Å². The van der Waals surface area contributed by atoms with Crippen molar-refractivity contribution in [1.29, 1.82) is 0 Å². The SMILES string of the molecule is CC(C)(C)c1ccc(C(C)(C)c2ccccc2)c(C(C)(C)C)c1. The normalized spacial score (nSPS) is 13.2. The zero-order valence-electron chi connectivity index (χ0n) is 16.1. The molecule has 0 nitrogen and oxygen atoms in total. The predicted molar refractivity (Wildman–Crippen MR) is 102 cm³/mol. The Balaban J connectivity index is 2.67. The van der Waals surface area contributed by atoms with Crippen molar-refractivity contribution in [3.8, 4) is 0 Å². The van der Waals surface area contributed by atoms with E-state index in [0.717, 1.165) is 0 Å². The van der Waals surface area contributed by atoms with Crippen LogP contribution < -0.4 is 0 Å². The lowest BCUT2D eigenvalue weighted by Gasteiger charge is -2.35. The summed E-state index contributed by atoms with van der Waals surface area (Å²) >= 11 is 0. The van der Waals surface area contributed by atoms with E-state index in [1.54, 1.807) is 0 Å². The first-order chi connectivity index (χ1) is 10.4. The van der Waals surface area contributed by atoms with Crippen molar-refractivity contribution >= 4 is 0 Å². The Morgan fingerprint density at radius 3 is 1.57 bits per heavy atom. The molecule has 0 bridgehead atoms. The summed E-state index contributed by atoms with van der Waals surface area (Å²) in [5.41, 5.74) is 5.98. The maximum Gasteiger partial charge on any atom is 0.0149 e. The maximum absolute atomic E-state index is 2.43. The summed E-state index contributed by atoms with van der Waals surface area (Å²) in [5, 5.41) is 0. The second-order valence-electron chi connectivity index (χ2n) is 9.25. The van der Waals surface area contributed by atoms with Crippen molar-refractivity contribution in [3.05, 3.63) is 70.8 Å². The van der Waals surface area contributed by atoms with Crippen LogP contribution in [0, 0.1) is 0 Å². The summed E-state index contributed by atoms with van der Waals surface area (Å²) in [5.74, 6) is 0. The Morgan fingerprint density at radius 1 is 0.522 bits per heavy atom. The topological polar surface area (TPSA) is 0 Å². The maximum atomic E-state index is 2.43. The molecule has 2 aromatic rings. The molecule has 0 aliphatic carbocycles. The second kappa shape index (κ2) is 5.82.